The lowest BCUT2D eigenvalue weighted by molar-refractivity contribution is -0.384. The molecule has 3 atom stereocenters. The third-order valence-corrected chi connectivity index (χ3v) is 5.47. The molecule has 5 nitrogen and oxygen atoms in total. The molecule has 1 saturated heterocycles. The molecule has 0 spiro atoms. The minimum Gasteiger partial charge on any atom is -0.353 e. The van der Waals surface area contributed by atoms with E-state index in [0.717, 1.165) is 25.7 Å². The van der Waals surface area contributed by atoms with Crippen molar-refractivity contribution in [3.05, 3.63) is 37.9 Å². The molecule has 3 rings (SSSR count). The minimum absolute atomic E-state index is 0.0214. The highest BCUT2D eigenvalue weighted by atomic mass is 35.5. The molecule has 1 N–H and O–H groups in total. The van der Waals surface area contributed by atoms with E-state index < -0.39 is 10.8 Å². The van der Waals surface area contributed by atoms with Crippen LogP contribution in [-0.4, -0.2) is 16.9 Å². The van der Waals surface area contributed by atoms with Gasteiger partial charge in [0.25, 0.3) is 5.69 Å². The summed E-state index contributed by atoms with van der Waals surface area (Å²) in [4.78, 5) is 22.9. The standard InChI is InChI=1S/C15H16Cl2N2O3/c16-10-5-6-12(19(21)22)14(17)13(10)9-7-8-3-1-2-4-11(8)18-15(9)20/h5-6,8-9,11H,1-4,7H2,(H,18,20). The van der Waals surface area contributed by atoms with E-state index >= 15 is 0 Å². The number of hydrogen-bond acceptors (Lipinski definition) is 3. The van der Waals surface area contributed by atoms with Crippen molar-refractivity contribution in [3.8, 4) is 0 Å². The van der Waals surface area contributed by atoms with Crippen molar-refractivity contribution < 1.29 is 9.72 Å². The van der Waals surface area contributed by atoms with E-state index in [4.69, 9.17) is 23.2 Å². The summed E-state index contributed by atoms with van der Waals surface area (Å²) in [5.41, 5.74) is 0.179. The minimum atomic E-state index is -0.549. The highest BCUT2D eigenvalue weighted by Crippen LogP contribution is 2.44. The van der Waals surface area contributed by atoms with Gasteiger partial charge in [-0.05, 0) is 31.2 Å². The van der Waals surface area contributed by atoms with Crippen LogP contribution in [0.3, 0.4) is 0 Å². The number of nitro benzene ring substituents is 1. The lowest BCUT2D eigenvalue weighted by Crippen LogP contribution is -2.49. The molecule has 22 heavy (non-hydrogen) atoms. The summed E-state index contributed by atoms with van der Waals surface area (Å²) < 4.78 is 0. The summed E-state index contributed by atoms with van der Waals surface area (Å²) in [6.07, 6.45) is 4.99. The lowest BCUT2D eigenvalue weighted by Gasteiger charge is -2.39. The highest BCUT2D eigenvalue weighted by molar-refractivity contribution is 6.37. The second-order valence-corrected chi connectivity index (χ2v) is 6.78. The molecule has 1 aromatic carbocycles. The molecular formula is C15H16Cl2N2O3. The van der Waals surface area contributed by atoms with Crippen LogP contribution in [0.15, 0.2) is 12.1 Å². The van der Waals surface area contributed by atoms with E-state index in [1.165, 1.54) is 12.1 Å². The van der Waals surface area contributed by atoms with Crippen LogP contribution in [-0.2, 0) is 4.79 Å². The summed E-state index contributed by atoms with van der Waals surface area (Å²) in [6, 6.07) is 2.94. The van der Waals surface area contributed by atoms with Crippen LogP contribution >= 0.6 is 23.2 Å². The van der Waals surface area contributed by atoms with Gasteiger partial charge >= 0.3 is 0 Å². The first kappa shape index (κ1) is 15.6. The van der Waals surface area contributed by atoms with Gasteiger partial charge in [0.05, 0.1) is 10.8 Å². The van der Waals surface area contributed by atoms with Gasteiger partial charge in [-0.1, -0.05) is 36.0 Å². The van der Waals surface area contributed by atoms with Crippen molar-refractivity contribution in [2.24, 2.45) is 5.92 Å². The smallest absolute Gasteiger partial charge is 0.288 e. The SMILES string of the molecule is O=C1NC2CCCCC2CC1c1c(Cl)ccc([N+](=O)[O-])c1Cl. The lowest BCUT2D eigenvalue weighted by atomic mass is 9.74. The number of rotatable bonds is 2. The van der Waals surface area contributed by atoms with Crippen molar-refractivity contribution in [1.82, 2.24) is 5.32 Å². The first-order chi connectivity index (χ1) is 10.5. The number of amides is 1. The number of hydrogen-bond donors (Lipinski definition) is 1. The Morgan fingerprint density at radius 3 is 2.68 bits per heavy atom. The fourth-order valence-electron chi connectivity index (χ4n) is 3.64. The van der Waals surface area contributed by atoms with Crippen LogP contribution in [0.1, 0.15) is 43.6 Å². The molecule has 0 bridgehead atoms. The monoisotopic (exact) mass is 342 g/mol. The highest BCUT2D eigenvalue weighted by Gasteiger charge is 2.40. The molecule has 2 aliphatic rings. The second kappa shape index (κ2) is 6.05. The van der Waals surface area contributed by atoms with Crippen LogP contribution in [0.2, 0.25) is 10.0 Å². The summed E-state index contributed by atoms with van der Waals surface area (Å²) in [5.74, 6) is -0.255. The van der Waals surface area contributed by atoms with Crippen molar-refractivity contribution >= 4 is 34.8 Å². The molecule has 2 fully saturated rings. The van der Waals surface area contributed by atoms with Crippen LogP contribution in [0.25, 0.3) is 0 Å². The number of carbonyl (C=O) groups is 1. The molecule has 3 unspecified atom stereocenters. The van der Waals surface area contributed by atoms with Gasteiger partial charge in [-0.25, -0.2) is 0 Å². The van der Waals surface area contributed by atoms with Gasteiger partial charge in [-0.2, -0.15) is 0 Å². The van der Waals surface area contributed by atoms with Gasteiger partial charge in [0, 0.05) is 22.7 Å². The van der Waals surface area contributed by atoms with Crippen LogP contribution in [0.5, 0.6) is 0 Å². The van der Waals surface area contributed by atoms with Gasteiger partial charge in [0.2, 0.25) is 5.91 Å². The van der Waals surface area contributed by atoms with Gasteiger partial charge in [-0.3, -0.25) is 14.9 Å². The largest absolute Gasteiger partial charge is 0.353 e. The maximum Gasteiger partial charge on any atom is 0.288 e. The zero-order chi connectivity index (χ0) is 15.9. The Morgan fingerprint density at radius 2 is 1.95 bits per heavy atom. The molecule has 1 aromatic rings. The zero-order valence-electron chi connectivity index (χ0n) is 11.9. The van der Waals surface area contributed by atoms with Gasteiger partial charge in [0.15, 0.2) is 0 Å². The van der Waals surface area contributed by atoms with Gasteiger partial charge in [0.1, 0.15) is 5.02 Å². The molecular weight excluding hydrogens is 327 g/mol. The summed E-state index contributed by atoms with van der Waals surface area (Å²) in [7, 11) is 0. The quantitative estimate of drug-likeness (QED) is 0.650. The Labute approximate surface area is 138 Å². The van der Waals surface area contributed by atoms with Crippen molar-refractivity contribution in [1.29, 1.82) is 0 Å². The summed E-state index contributed by atoms with van der Waals surface area (Å²) in [6.45, 7) is 0. The Bertz CT molecular complexity index is 635. The van der Waals surface area contributed by atoms with Crippen LogP contribution in [0, 0.1) is 16.0 Å². The normalized spacial score (nSPS) is 27.9. The number of benzene rings is 1. The Morgan fingerprint density at radius 1 is 1.23 bits per heavy atom. The Hall–Kier alpha value is -1.33. The van der Waals surface area contributed by atoms with E-state index in [1.54, 1.807) is 0 Å². The molecule has 1 saturated carbocycles. The predicted octanol–water partition coefficient (Wildman–Crippen LogP) is 4.06. The van der Waals surface area contributed by atoms with E-state index in [1.807, 2.05) is 0 Å². The number of nitrogens with one attached hydrogen (secondary N) is 1. The summed E-state index contributed by atoms with van der Waals surface area (Å²) in [5, 5.41) is 14.4. The molecule has 1 amide bonds. The third-order valence-electron chi connectivity index (χ3n) is 4.74. The average Bonchev–Trinajstić information content (AvgIpc) is 2.47. The molecule has 118 valence electrons. The Balaban J connectivity index is 1.98. The molecule has 0 aromatic heterocycles. The molecule has 1 aliphatic heterocycles. The zero-order valence-corrected chi connectivity index (χ0v) is 13.4. The molecule has 1 heterocycles. The number of piperidine rings is 1. The van der Waals surface area contributed by atoms with Gasteiger partial charge < -0.3 is 5.32 Å². The molecule has 7 heteroatoms. The molecule has 1 aliphatic carbocycles. The maximum absolute atomic E-state index is 12.4. The van der Waals surface area contributed by atoms with E-state index in [-0.39, 0.29) is 22.7 Å². The van der Waals surface area contributed by atoms with Gasteiger partial charge in [-0.15, -0.1) is 0 Å². The predicted molar refractivity (Wildman–Crippen MR) is 84.4 cm³/mol. The van der Waals surface area contributed by atoms with E-state index in [2.05, 4.69) is 5.32 Å². The Kier molecular flexibility index (Phi) is 4.28. The average molecular weight is 343 g/mol. The second-order valence-electron chi connectivity index (χ2n) is 6.00. The van der Waals surface area contributed by atoms with Crippen LogP contribution in [0.4, 0.5) is 5.69 Å². The molecule has 0 radical (unpaired) electrons. The fraction of sp³-hybridized carbons (Fsp3) is 0.533. The maximum atomic E-state index is 12.4. The number of halogens is 2. The van der Waals surface area contributed by atoms with Crippen LogP contribution < -0.4 is 5.32 Å². The number of carbonyl (C=O) groups excluding carboxylic acids is 1. The van der Waals surface area contributed by atoms with E-state index in [9.17, 15) is 14.9 Å². The first-order valence-electron chi connectivity index (χ1n) is 7.41. The number of nitro groups is 1. The van der Waals surface area contributed by atoms with Crippen molar-refractivity contribution in [2.75, 3.05) is 0 Å². The topological polar surface area (TPSA) is 72.2 Å². The van der Waals surface area contributed by atoms with Crippen molar-refractivity contribution in [3.63, 3.8) is 0 Å². The van der Waals surface area contributed by atoms with E-state index in [0.29, 0.717) is 22.9 Å². The first-order valence-corrected chi connectivity index (χ1v) is 8.17. The van der Waals surface area contributed by atoms with Crippen molar-refractivity contribution in [2.45, 2.75) is 44.1 Å². The third kappa shape index (κ3) is 2.68. The summed E-state index contributed by atoms with van der Waals surface area (Å²) >= 11 is 12.4. The number of fused-ring (bicyclic) bond motifs is 1. The fourth-order valence-corrected chi connectivity index (χ4v) is 4.34. The number of nitrogens with zero attached hydrogens (tertiary/aromatic N) is 1.